The average molecular weight is 334 g/mol. The molecule has 24 heavy (non-hydrogen) atoms. The van der Waals surface area contributed by atoms with Crippen molar-refractivity contribution in [3.8, 4) is 11.5 Å². The number of morpholine rings is 1. The van der Waals surface area contributed by atoms with Crippen LogP contribution in [0.2, 0.25) is 0 Å². The monoisotopic (exact) mass is 334 g/mol. The van der Waals surface area contributed by atoms with Crippen LogP contribution in [-0.2, 0) is 20.7 Å². The van der Waals surface area contributed by atoms with Gasteiger partial charge in [0, 0.05) is 12.1 Å². The molecule has 0 saturated carbocycles. The van der Waals surface area contributed by atoms with E-state index in [4.69, 9.17) is 14.3 Å². The van der Waals surface area contributed by atoms with Gasteiger partial charge >= 0.3 is 5.97 Å². The fourth-order valence-corrected chi connectivity index (χ4v) is 2.41. The molecular formula is C16H15FN2O5. The van der Waals surface area contributed by atoms with Crippen molar-refractivity contribution >= 4 is 11.9 Å². The third-order valence-corrected chi connectivity index (χ3v) is 3.67. The Bertz CT molecular complexity index is 743. The zero-order valence-corrected chi connectivity index (χ0v) is 12.6. The van der Waals surface area contributed by atoms with Crippen molar-refractivity contribution in [1.82, 2.24) is 9.88 Å². The first-order valence-corrected chi connectivity index (χ1v) is 7.35. The number of halogens is 1. The summed E-state index contributed by atoms with van der Waals surface area (Å²) in [4.78, 5) is 28.9. The number of ether oxygens (including phenoxy) is 1. The van der Waals surface area contributed by atoms with E-state index in [-0.39, 0.29) is 31.3 Å². The highest BCUT2D eigenvalue weighted by Crippen LogP contribution is 2.19. The summed E-state index contributed by atoms with van der Waals surface area (Å²) in [5.74, 6) is -1.40. The highest BCUT2D eigenvalue weighted by Gasteiger charge is 2.29. The van der Waals surface area contributed by atoms with Gasteiger partial charge in [-0.15, -0.1) is 0 Å². The van der Waals surface area contributed by atoms with E-state index in [1.165, 1.54) is 35.4 Å². The lowest BCUT2D eigenvalue weighted by Gasteiger charge is -2.30. The average Bonchev–Trinajstić information content (AvgIpc) is 3.04. The Kier molecular flexibility index (Phi) is 4.57. The first-order chi connectivity index (χ1) is 11.5. The van der Waals surface area contributed by atoms with Gasteiger partial charge in [0.05, 0.1) is 25.3 Å². The van der Waals surface area contributed by atoms with Gasteiger partial charge in [-0.05, 0) is 24.3 Å². The van der Waals surface area contributed by atoms with Crippen LogP contribution in [0.3, 0.4) is 0 Å². The van der Waals surface area contributed by atoms with Gasteiger partial charge in [-0.2, -0.15) is 0 Å². The Balaban J connectivity index is 1.65. The van der Waals surface area contributed by atoms with E-state index in [0.29, 0.717) is 23.7 Å². The van der Waals surface area contributed by atoms with Gasteiger partial charge in [0.25, 0.3) is 0 Å². The van der Waals surface area contributed by atoms with E-state index in [2.05, 4.69) is 4.98 Å². The number of aliphatic carboxylic acids is 1. The summed E-state index contributed by atoms with van der Waals surface area (Å²) >= 11 is 0. The standard InChI is InChI=1S/C16H15FN2O5/c17-11-3-1-10(2-4-11)15-18-12(9-24-15)7-14(20)19-5-6-23-13(8-19)16(21)22/h1-4,9,13H,5-8H2,(H,21,22)/t13-/m0/s1. The molecule has 2 aromatic rings. The second-order valence-corrected chi connectivity index (χ2v) is 5.37. The summed E-state index contributed by atoms with van der Waals surface area (Å²) in [7, 11) is 0. The van der Waals surface area contributed by atoms with Crippen LogP contribution < -0.4 is 0 Å². The van der Waals surface area contributed by atoms with Crippen LogP contribution in [0.1, 0.15) is 5.69 Å². The van der Waals surface area contributed by atoms with E-state index in [9.17, 15) is 14.0 Å². The number of benzene rings is 1. The molecule has 1 aliphatic heterocycles. The number of hydrogen-bond acceptors (Lipinski definition) is 5. The van der Waals surface area contributed by atoms with E-state index in [1.807, 2.05) is 0 Å². The second-order valence-electron chi connectivity index (χ2n) is 5.37. The van der Waals surface area contributed by atoms with Gasteiger partial charge in [0.1, 0.15) is 12.1 Å². The normalized spacial score (nSPS) is 17.7. The topological polar surface area (TPSA) is 92.9 Å². The quantitative estimate of drug-likeness (QED) is 0.907. The predicted octanol–water partition coefficient (Wildman–Crippen LogP) is 1.34. The van der Waals surface area contributed by atoms with Crippen molar-refractivity contribution in [3.05, 3.63) is 42.0 Å². The van der Waals surface area contributed by atoms with Gasteiger partial charge in [0.15, 0.2) is 6.10 Å². The highest BCUT2D eigenvalue weighted by molar-refractivity contribution is 5.80. The van der Waals surface area contributed by atoms with E-state index in [0.717, 1.165) is 0 Å². The van der Waals surface area contributed by atoms with E-state index >= 15 is 0 Å². The lowest BCUT2D eigenvalue weighted by atomic mass is 10.2. The minimum absolute atomic E-state index is 0.00294. The molecule has 1 N–H and O–H groups in total. The Morgan fingerprint density at radius 1 is 1.33 bits per heavy atom. The Labute approximate surface area is 136 Å². The Morgan fingerprint density at radius 3 is 2.79 bits per heavy atom. The molecule has 1 saturated heterocycles. The molecule has 1 fully saturated rings. The molecule has 1 aliphatic rings. The molecule has 126 valence electrons. The number of carbonyl (C=O) groups excluding carboxylic acids is 1. The van der Waals surface area contributed by atoms with Gasteiger partial charge in [-0.25, -0.2) is 14.2 Å². The number of hydrogen-bond donors (Lipinski definition) is 1. The van der Waals surface area contributed by atoms with Crippen LogP contribution >= 0.6 is 0 Å². The summed E-state index contributed by atoms with van der Waals surface area (Å²) in [6.07, 6.45) is 0.359. The zero-order valence-electron chi connectivity index (χ0n) is 12.6. The van der Waals surface area contributed by atoms with Crippen molar-refractivity contribution in [2.75, 3.05) is 19.7 Å². The second kappa shape index (κ2) is 6.79. The third kappa shape index (κ3) is 3.60. The number of nitrogens with zero attached hydrogens (tertiary/aromatic N) is 2. The maximum absolute atomic E-state index is 12.9. The molecule has 8 heteroatoms. The molecule has 0 spiro atoms. The van der Waals surface area contributed by atoms with Crippen molar-refractivity contribution < 1.29 is 28.2 Å². The number of oxazole rings is 1. The number of aromatic nitrogens is 1. The van der Waals surface area contributed by atoms with Crippen molar-refractivity contribution in [1.29, 1.82) is 0 Å². The van der Waals surface area contributed by atoms with Crippen LogP contribution in [0.15, 0.2) is 34.9 Å². The van der Waals surface area contributed by atoms with Gasteiger partial charge < -0.3 is 19.2 Å². The zero-order chi connectivity index (χ0) is 17.1. The van der Waals surface area contributed by atoms with Crippen LogP contribution in [0.4, 0.5) is 4.39 Å². The first kappa shape index (κ1) is 16.1. The summed E-state index contributed by atoms with van der Waals surface area (Å²) in [6.45, 7) is 0.532. The Hall–Kier alpha value is -2.74. The smallest absolute Gasteiger partial charge is 0.334 e. The van der Waals surface area contributed by atoms with E-state index < -0.39 is 12.1 Å². The van der Waals surface area contributed by atoms with Crippen molar-refractivity contribution in [2.45, 2.75) is 12.5 Å². The summed E-state index contributed by atoms with van der Waals surface area (Å²) in [5, 5.41) is 8.96. The lowest BCUT2D eigenvalue weighted by Crippen LogP contribution is -2.49. The largest absolute Gasteiger partial charge is 0.479 e. The first-order valence-electron chi connectivity index (χ1n) is 7.35. The molecule has 7 nitrogen and oxygen atoms in total. The van der Waals surface area contributed by atoms with Gasteiger partial charge in [-0.3, -0.25) is 4.79 Å². The molecule has 0 radical (unpaired) electrons. The summed E-state index contributed by atoms with van der Waals surface area (Å²) in [6, 6.07) is 5.66. The minimum atomic E-state index is -1.09. The number of carbonyl (C=O) groups is 2. The molecule has 3 rings (SSSR count). The molecule has 0 bridgehead atoms. The van der Waals surface area contributed by atoms with Crippen molar-refractivity contribution in [2.24, 2.45) is 0 Å². The van der Waals surface area contributed by atoms with Crippen LogP contribution in [0.5, 0.6) is 0 Å². The maximum atomic E-state index is 12.9. The molecular weight excluding hydrogens is 319 g/mol. The molecule has 2 heterocycles. The van der Waals surface area contributed by atoms with Crippen LogP contribution in [-0.4, -0.2) is 52.7 Å². The molecule has 1 aromatic carbocycles. The van der Waals surface area contributed by atoms with Gasteiger partial charge in [0.2, 0.25) is 11.8 Å². The molecule has 0 unspecified atom stereocenters. The highest BCUT2D eigenvalue weighted by atomic mass is 19.1. The van der Waals surface area contributed by atoms with Crippen LogP contribution in [0, 0.1) is 5.82 Å². The van der Waals surface area contributed by atoms with Gasteiger partial charge in [-0.1, -0.05) is 0 Å². The van der Waals surface area contributed by atoms with Crippen molar-refractivity contribution in [3.63, 3.8) is 0 Å². The molecule has 1 aromatic heterocycles. The fraction of sp³-hybridized carbons (Fsp3) is 0.312. The molecule has 1 amide bonds. The number of amides is 1. The van der Waals surface area contributed by atoms with Crippen LogP contribution in [0.25, 0.3) is 11.5 Å². The summed E-state index contributed by atoms with van der Waals surface area (Å²) in [5.41, 5.74) is 1.03. The summed E-state index contributed by atoms with van der Waals surface area (Å²) < 4.78 is 23.3. The molecule has 1 atom stereocenters. The minimum Gasteiger partial charge on any atom is -0.479 e. The number of rotatable bonds is 4. The number of carboxylic acids is 1. The molecule has 0 aliphatic carbocycles. The maximum Gasteiger partial charge on any atom is 0.334 e. The number of carboxylic acid groups (broad SMARTS) is 1. The lowest BCUT2D eigenvalue weighted by molar-refractivity contribution is -0.159. The third-order valence-electron chi connectivity index (χ3n) is 3.67. The Morgan fingerprint density at radius 2 is 2.08 bits per heavy atom. The SMILES string of the molecule is O=C(O)[C@@H]1CN(C(=O)Cc2coc(-c3ccc(F)cc3)n2)CCO1. The predicted molar refractivity (Wildman–Crippen MR) is 79.6 cm³/mol. The fourth-order valence-electron chi connectivity index (χ4n) is 2.41. The van der Waals surface area contributed by atoms with E-state index in [1.54, 1.807) is 0 Å².